The van der Waals surface area contributed by atoms with Gasteiger partial charge in [-0.1, -0.05) is 12.1 Å². The number of rotatable bonds is 3. The zero-order chi connectivity index (χ0) is 20.8. The van der Waals surface area contributed by atoms with Crippen LogP contribution in [0.4, 0.5) is 4.39 Å². The van der Waals surface area contributed by atoms with Crippen molar-refractivity contribution in [2.75, 3.05) is 20.7 Å². The predicted molar refractivity (Wildman–Crippen MR) is 120 cm³/mol. The van der Waals surface area contributed by atoms with Gasteiger partial charge in [0.1, 0.15) is 17.3 Å². The molecule has 0 amide bonds. The highest BCUT2D eigenvalue weighted by atomic mass is 35.5. The molecule has 0 aromatic heterocycles. The number of likely N-dealkylation sites (N-methyl/N-ethyl adjacent to an activating group) is 1. The third-order valence-corrected chi connectivity index (χ3v) is 6.15. The molecule has 2 aliphatic rings. The van der Waals surface area contributed by atoms with Gasteiger partial charge in [0.15, 0.2) is 0 Å². The first kappa shape index (κ1) is 21.3. The average Bonchev–Trinajstić information content (AvgIpc) is 2.76. The summed E-state index contributed by atoms with van der Waals surface area (Å²) in [6.45, 7) is 0.999. The van der Waals surface area contributed by atoms with Crippen LogP contribution in [0.3, 0.4) is 0 Å². The molecule has 160 valence electrons. The van der Waals surface area contributed by atoms with Crippen LogP contribution in [0, 0.1) is 5.82 Å². The van der Waals surface area contributed by atoms with Crippen molar-refractivity contribution in [3.63, 3.8) is 0 Å². The predicted octanol–water partition coefficient (Wildman–Crippen LogP) is 5.23. The van der Waals surface area contributed by atoms with E-state index in [2.05, 4.69) is 24.1 Å². The molecule has 3 aromatic rings. The number of ether oxygens (including phenoxy) is 2. The van der Waals surface area contributed by atoms with Crippen molar-refractivity contribution in [2.45, 2.75) is 18.9 Å². The highest BCUT2D eigenvalue weighted by molar-refractivity contribution is 5.93. The van der Waals surface area contributed by atoms with E-state index in [9.17, 15) is 9.18 Å². The van der Waals surface area contributed by atoms with Gasteiger partial charge in [-0.25, -0.2) is 9.18 Å². The van der Waals surface area contributed by atoms with Gasteiger partial charge in [0.05, 0.1) is 12.7 Å². The normalized spacial score (nSPS) is 16.5. The molecule has 0 spiro atoms. The summed E-state index contributed by atoms with van der Waals surface area (Å²) in [7, 11) is 3.83. The van der Waals surface area contributed by atoms with Crippen LogP contribution in [-0.2, 0) is 12.8 Å². The van der Waals surface area contributed by atoms with Crippen molar-refractivity contribution < 1.29 is 18.7 Å². The number of carbonyl (C=O) groups excluding carboxylic acids is 1. The molecule has 0 N–H and O–H groups in total. The number of hydrogen-bond acceptors (Lipinski definition) is 4. The van der Waals surface area contributed by atoms with Crippen LogP contribution in [-0.4, -0.2) is 31.6 Å². The van der Waals surface area contributed by atoms with Gasteiger partial charge in [0.25, 0.3) is 0 Å². The van der Waals surface area contributed by atoms with Crippen molar-refractivity contribution in [2.24, 2.45) is 0 Å². The summed E-state index contributed by atoms with van der Waals surface area (Å²) >= 11 is 0. The molecule has 0 radical (unpaired) electrons. The summed E-state index contributed by atoms with van der Waals surface area (Å²) in [5, 5.41) is 0. The largest absolute Gasteiger partial charge is 0.497 e. The van der Waals surface area contributed by atoms with Gasteiger partial charge in [0.2, 0.25) is 0 Å². The number of nitrogens with zero attached hydrogens (tertiary/aromatic N) is 1. The SMILES string of the molecule is COc1cc2c3c(c1)-c1c(cccc1OC(=O)c1ccc(F)cc1)C[C@H]3N(C)CC2.Cl. The minimum absolute atomic E-state index is 0. The van der Waals surface area contributed by atoms with Crippen molar-refractivity contribution in [1.29, 1.82) is 0 Å². The van der Waals surface area contributed by atoms with Crippen LogP contribution >= 0.6 is 12.4 Å². The van der Waals surface area contributed by atoms with E-state index in [-0.39, 0.29) is 18.2 Å². The molecule has 4 nitrogen and oxygen atoms in total. The van der Waals surface area contributed by atoms with Gasteiger partial charge in [-0.3, -0.25) is 4.90 Å². The molecule has 5 rings (SSSR count). The standard InChI is InChI=1S/C25H22FNO3.ClH/c1-27-11-10-17-12-19(29-2)14-20-23(17)21(27)13-16-4-3-5-22(24(16)20)30-25(28)15-6-8-18(26)9-7-15;/h3-9,12,14,21H,10-11,13H2,1-2H3;1H/t21-;/m1./s1. The minimum Gasteiger partial charge on any atom is -0.497 e. The Morgan fingerprint density at radius 2 is 1.87 bits per heavy atom. The number of benzene rings is 3. The number of halogens is 2. The maximum Gasteiger partial charge on any atom is 0.343 e. The summed E-state index contributed by atoms with van der Waals surface area (Å²) in [4.78, 5) is 15.1. The van der Waals surface area contributed by atoms with E-state index < -0.39 is 5.97 Å². The maximum absolute atomic E-state index is 13.2. The second-order valence-corrected chi connectivity index (χ2v) is 7.88. The van der Waals surface area contributed by atoms with E-state index in [0.29, 0.717) is 17.4 Å². The van der Waals surface area contributed by atoms with Gasteiger partial charge < -0.3 is 9.47 Å². The van der Waals surface area contributed by atoms with Crippen LogP contribution in [0.2, 0.25) is 0 Å². The van der Waals surface area contributed by atoms with Crippen molar-refractivity contribution in [1.82, 2.24) is 4.90 Å². The molecule has 1 heterocycles. The summed E-state index contributed by atoms with van der Waals surface area (Å²) in [5.41, 5.74) is 6.04. The molecule has 0 saturated carbocycles. The highest BCUT2D eigenvalue weighted by Gasteiger charge is 2.35. The second-order valence-electron chi connectivity index (χ2n) is 7.88. The van der Waals surface area contributed by atoms with E-state index in [4.69, 9.17) is 9.47 Å². The Bertz CT molecular complexity index is 1150. The number of fused-ring (bicyclic) bond motifs is 2. The molecule has 0 unspecified atom stereocenters. The Balaban J connectivity index is 0.00000231. The van der Waals surface area contributed by atoms with Gasteiger partial charge in [-0.15, -0.1) is 12.4 Å². The zero-order valence-corrected chi connectivity index (χ0v) is 18.2. The summed E-state index contributed by atoms with van der Waals surface area (Å²) in [5.74, 6) is 0.435. The Morgan fingerprint density at radius 3 is 2.61 bits per heavy atom. The molecule has 3 aromatic carbocycles. The maximum atomic E-state index is 13.2. The van der Waals surface area contributed by atoms with Gasteiger partial charge in [-0.05, 0) is 84.6 Å². The smallest absolute Gasteiger partial charge is 0.343 e. The fourth-order valence-corrected chi connectivity index (χ4v) is 4.63. The number of methoxy groups -OCH3 is 1. The minimum atomic E-state index is -0.501. The molecule has 1 aliphatic heterocycles. The van der Waals surface area contributed by atoms with Crippen LogP contribution < -0.4 is 9.47 Å². The zero-order valence-electron chi connectivity index (χ0n) is 17.4. The topological polar surface area (TPSA) is 38.8 Å². The van der Waals surface area contributed by atoms with Gasteiger partial charge in [-0.2, -0.15) is 0 Å². The fourth-order valence-electron chi connectivity index (χ4n) is 4.63. The molecule has 0 fully saturated rings. The van der Waals surface area contributed by atoms with E-state index in [1.807, 2.05) is 18.2 Å². The fraction of sp³-hybridized carbons (Fsp3) is 0.240. The number of hydrogen-bond donors (Lipinski definition) is 0. The molecular formula is C25H23ClFNO3. The third-order valence-electron chi connectivity index (χ3n) is 6.15. The summed E-state index contributed by atoms with van der Waals surface area (Å²) < 4.78 is 24.6. The van der Waals surface area contributed by atoms with Crippen molar-refractivity contribution in [3.8, 4) is 22.6 Å². The molecule has 0 saturated heterocycles. The van der Waals surface area contributed by atoms with Crippen molar-refractivity contribution in [3.05, 3.63) is 82.7 Å². The average molecular weight is 440 g/mol. The van der Waals surface area contributed by atoms with Crippen molar-refractivity contribution >= 4 is 18.4 Å². The lowest BCUT2D eigenvalue weighted by molar-refractivity contribution is 0.0735. The van der Waals surface area contributed by atoms with E-state index in [1.165, 1.54) is 35.4 Å². The third kappa shape index (κ3) is 3.68. The number of esters is 1. The van der Waals surface area contributed by atoms with E-state index in [0.717, 1.165) is 41.8 Å². The number of carbonyl (C=O) groups is 1. The highest BCUT2D eigenvalue weighted by Crippen LogP contribution is 2.49. The molecule has 0 bridgehead atoms. The Labute approximate surface area is 187 Å². The first-order valence-corrected chi connectivity index (χ1v) is 10.1. The molecule has 1 atom stereocenters. The monoisotopic (exact) mass is 439 g/mol. The Hall–Kier alpha value is -2.89. The van der Waals surface area contributed by atoms with E-state index in [1.54, 1.807) is 7.11 Å². The lowest BCUT2D eigenvalue weighted by Crippen LogP contribution is -2.35. The molecule has 6 heteroatoms. The second kappa shape index (κ2) is 8.33. The molecule has 1 aliphatic carbocycles. The Kier molecular flexibility index (Phi) is 5.73. The van der Waals surface area contributed by atoms with Crippen LogP contribution in [0.25, 0.3) is 11.1 Å². The first-order valence-electron chi connectivity index (χ1n) is 10.1. The first-order chi connectivity index (χ1) is 14.5. The summed E-state index contributed by atoms with van der Waals surface area (Å²) in [6.07, 6.45) is 1.82. The Morgan fingerprint density at radius 1 is 1.10 bits per heavy atom. The van der Waals surface area contributed by atoms with Crippen LogP contribution in [0.15, 0.2) is 54.6 Å². The quantitative estimate of drug-likeness (QED) is 0.414. The van der Waals surface area contributed by atoms with E-state index >= 15 is 0 Å². The van der Waals surface area contributed by atoms with Gasteiger partial charge >= 0.3 is 5.97 Å². The van der Waals surface area contributed by atoms with Crippen LogP contribution in [0.1, 0.15) is 33.1 Å². The lowest BCUT2D eigenvalue weighted by atomic mass is 9.77. The molecule has 31 heavy (non-hydrogen) atoms. The van der Waals surface area contributed by atoms with Crippen LogP contribution in [0.5, 0.6) is 11.5 Å². The lowest BCUT2D eigenvalue weighted by Gasteiger charge is -2.40. The molecular weight excluding hydrogens is 417 g/mol. The van der Waals surface area contributed by atoms with Gasteiger partial charge in [0, 0.05) is 18.2 Å². The summed E-state index contributed by atoms with van der Waals surface area (Å²) in [6, 6.07) is 15.7.